The van der Waals surface area contributed by atoms with E-state index in [1.54, 1.807) is 12.7 Å². The number of benzene rings is 2. The zero-order valence-electron chi connectivity index (χ0n) is 19.3. The third-order valence-corrected chi connectivity index (χ3v) is 7.37. The van der Waals surface area contributed by atoms with Gasteiger partial charge in [0.2, 0.25) is 0 Å². The van der Waals surface area contributed by atoms with Crippen LogP contribution in [0.4, 0.5) is 0 Å². The summed E-state index contributed by atoms with van der Waals surface area (Å²) < 4.78 is 1.95. The predicted octanol–water partition coefficient (Wildman–Crippen LogP) is 4.91. The van der Waals surface area contributed by atoms with E-state index in [1.807, 2.05) is 34.9 Å². The summed E-state index contributed by atoms with van der Waals surface area (Å²) in [5.74, 6) is 0.777. The fraction of sp³-hybridized carbons (Fsp3) is 0.407. The smallest absolute Gasteiger partial charge is 0.123 e. The van der Waals surface area contributed by atoms with E-state index in [1.165, 1.54) is 48.6 Å². The van der Waals surface area contributed by atoms with E-state index in [0.29, 0.717) is 12.6 Å². The predicted molar refractivity (Wildman–Crippen MR) is 131 cm³/mol. The average Bonchev–Trinajstić information content (AvgIpc) is 3.53. The molecule has 1 aliphatic rings. The standard InChI is InChI=1S/C27H33N5O/c1-31(17-27(33)21-5-3-2-4-6-21)23-11-8-20(9-12-23)7-10-22-16-28-26-14-13-24(15-25(22)26)32-18-29-30-19-32/h2-6,13-16,18-20,23,27-28,33H,7-12,17H2,1H3/t20?,23?,27-/m1/s1. The third kappa shape index (κ3) is 5.02. The van der Waals surface area contributed by atoms with Gasteiger partial charge in [-0.2, -0.15) is 0 Å². The first-order valence-electron chi connectivity index (χ1n) is 12.1. The highest BCUT2D eigenvalue weighted by Gasteiger charge is 2.25. The first kappa shape index (κ1) is 21.9. The number of nitrogens with zero attached hydrogens (tertiary/aromatic N) is 4. The Kier molecular flexibility index (Phi) is 6.55. The van der Waals surface area contributed by atoms with Gasteiger partial charge in [0.15, 0.2) is 0 Å². The van der Waals surface area contributed by atoms with Gasteiger partial charge in [-0.25, -0.2) is 0 Å². The number of H-pyrrole nitrogens is 1. The number of fused-ring (bicyclic) bond motifs is 1. The van der Waals surface area contributed by atoms with E-state index < -0.39 is 6.10 Å². The molecule has 2 heterocycles. The maximum atomic E-state index is 10.6. The number of aliphatic hydroxyl groups is 1. The second-order valence-corrected chi connectivity index (χ2v) is 9.49. The quantitative estimate of drug-likeness (QED) is 0.406. The van der Waals surface area contributed by atoms with E-state index in [9.17, 15) is 5.11 Å². The van der Waals surface area contributed by atoms with Crippen LogP contribution in [-0.4, -0.2) is 49.4 Å². The Balaban J connectivity index is 1.13. The van der Waals surface area contributed by atoms with Crippen LogP contribution in [0, 0.1) is 5.92 Å². The van der Waals surface area contributed by atoms with Crippen molar-refractivity contribution in [3.05, 3.63) is 78.5 Å². The fourth-order valence-electron chi connectivity index (χ4n) is 5.30. The summed E-state index contributed by atoms with van der Waals surface area (Å²) in [4.78, 5) is 5.79. The number of hydrogen-bond acceptors (Lipinski definition) is 4. The molecule has 4 aromatic rings. The summed E-state index contributed by atoms with van der Waals surface area (Å²) in [6.45, 7) is 0.698. The van der Waals surface area contributed by atoms with Gasteiger partial charge in [-0.15, -0.1) is 10.2 Å². The third-order valence-electron chi connectivity index (χ3n) is 7.37. The van der Waals surface area contributed by atoms with Gasteiger partial charge in [-0.1, -0.05) is 30.3 Å². The van der Waals surface area contributed by atoms with Gasteiger partial charge in [0.25, 0.3) is 0 Å². The van der Waals surface area contributed by atoms with Gasteiger partial charge in [0.05, 0.1) is 6.10 Å². The lowest BCUT2D eigenvalue weighted by Gasteiger charge is -2.35. The van der Waals surface area contributed by atoms with Crippen LogP contribution in [0.15, 0.2) is 67.4 Å². The molecule has 1 aliphatic carbocycles. The van der Waals surface area contributed by atoms with Gasteiger partial charge in [0.1, 0.15) is 12.7 Å². The number of hydrogen-bond donors (Lipinski definition) is 2. The Labute approximate surface area is 195 Å². The van der Waals surface area contributed by atoms with Crippen molar-refractivity contribution in [2.45, 2.75) is 50.7 Å². The Morgan fingerprint density at radius 2 is 1.82 bits per heavy atom. The molecule has 0 aliphatic heterocycles. The van der Waals surface area contributed by atoms with Crippen LogP contribution in [0.2, 0.25) is 0 Å². The van der Waals surface area contributed by atoms with Crippen molar-refractivity contribution in [2.24, 2.45) is 5.92 Å². The molecule has 5 rings (SSSR count). The van der Waals surface area contributed by atoms with Crippen molar-refractivity contribution in [3.8, 4) is 5.69 Å². The van der Waals surface area contributed by atoms with Crippen LogP contribution in [0.5, 0.6) is 0 Å². The normalized spacial score (nSPS) is 19.8. The zero-order chi connectivity index (χ0) is 22.6. The number of aryl methyl sites for hydroxylation is 1. The summed E-state index contributed by atoms with van der Waals surface area (Å²) in [5, 5.41) is 19.7. The monoisotopic (exact) mass is 443 g/mol. The molecule has 0 unspecified atom stereocenters. The molecule has 1 atom stereocenters. The van der Waals surface area contributed by atoms with Crippen molar-refractivity contribution in [1.82, 2.24) is 24.6 Å². The lowest BCUT2D eigenvalue weighted by atomic mass is 9.82. The van der Waals surface area contributed by atoms with Gasteiger partial charge >= 0.3 is 0 Å². The van der Waals surface area contributed by atoms with Crippen LogP contribution in [0.25, 0.3) is 16.6 Å². The molecule has 0 spiro atoms. The Hall–Kier alpha value is -2.96. The maximum Gasteiger partial charge on any atom is 0.123 e. The first-order chi connectivity index (χ1) is 16.2. The summed E-state index contributed by atoms with van der Waals surface area (Å²) in [7, 11) is 2.16. The molecule has 6 heteroatoms. The van der Waals surface area contributed by atoms with Crippen molar-refractivity contribution in [3.63, 3.8) is 0 Å². The van der Waals surface area contributed by atoms with E-state index >= 15 is 0 Å². The second kappa shape index (κ2) is 9.89. The minimum Gasteiger partial charge on any atom is -0.387 e. The molecule has 1 fully saturated rings. The Morgan fingerprint density at radius 1 is 1.06 bits per heavy atom. The number of aliphatic hydroxyl groups excluding tert-OH is 1. The van der Waals surface area contributed by atoms with Gasteiger partial charge in [-0.05, 0) is 80.8 Å². The number of aromatic amines is 1. The van der Waals surface area contributed by atoms with Crippen LogP contribution < -0.4 is 0 Å². The highest BCUT2D eigenvalue weighted by molar-refractivity contribution is 5.85. The van der Waals surface area contributed by atoms with E-state index in [-0.39, 0.29) is 0 Å². The highest BCUT2D eigenvalue weighted by atomic mass is 16.3. The summed E-state index contributed by atoms with van der Waals surface area (Å²) >= 11 is 0. The van der Waals surface area contributed by atoms with Crippen LogP contribution in [0.1, 0.15) is 49.3 Å². The number of nitrogens with one attached hydrogen (secondary N) is 1. The molecule has 172 valence electrons. The number of rotatable bonds is 8. The van der Waals surface area contributed by atoms with Crippen LogP contribution in [-0.2, 0) is 6.42 Å². The van der Waals surface area contributed by atoms with Gasteiger partial charge in [0, 0.05) is 35.4 Å². The average molecular weight is 444 g/mol. The Bertz CT molecular complexity index is 1150. The minimum absolute atomic E-state index is 0.418. The molecule has 6 nitrogen and oxygen atoms in total. The van der Waals surface area contributed by atoms with E-state index in [0.717, 1.165) is 23.6 Å². The molecule has 1 saturated carbocycles. The summed E-state index contributed by atoms with van der Waals surface area (Å²) in [6.07, 6.45) is 12.5. The minimum atomic E-state index is -0.418. The van der Waals surface area contributed by atoms with Gasteiger partial charge in [-0.3, -0.25) is 4.57 Å². The van der Waals surface area contributed by atoms with E-state index in [2.05, 4.69) is 51.5 Å². The SMILES string of the molecule is CN(C[C@@H](O)c1ccccc1)C1CCC(CCc2c[nH]c3ccc(-n4cnnc4)cc23)CC1. The number of likely N-dealkylation sites (N-methyl/N-ethyl adjacent to an activating group) is 1. The van der Waals surface area contributed by atoms with Crippen molar-refractivity contribution in [1.29, 1.82) is 0 Å². The summed E-state index contributed by atoms with van der Waals surface area (Å²) in [5.41, 5.74) is 4.67. The lowest BCUT2D eigenvalue weighted by Crippen LogP contribution is -2.37. The van der Waals surface area contributed by atoms with E-state index in [4.69, 9.17) is 0 Å². The van der Waals surface area contributed by atoms with Crippen LogP contribution in [0.3, 0.4) is 0 Å². The molecule has 0 radical (unpaired) electrons. The molecule has 0 saturated heterocycles. The number of aromatic nitrogens is 4. The van der Waals surface area contributed by atoms with Crippen molar-refractivity contribution < 1.29 is 5.11 Å². The molecular weight excluding hydrogens is 410 g/mol. The topological polar surface area (TPSA) is 70.0 Å². The maximum absolute atomic E-state index is 10.6. The molecule has 33 heavy (non-hydrogen) atoms. The molecule has 0 bridgehead atoms. The first-order valence-corrected chi connectivity index (χ1v) is 12.1. The molecule has 2 aromatic carbocycles. The largest absolute Gasteiger partial charge is 0.387 e. The molecule has 2 N–H and O–H groups in total. The van der Waals surface area contributed by atoms with Crippen molar-refractivity contribution in [2.75, 3.05) is 13.6 Å². The zero-order valence-corrected chi connectivity index (χ0v) is 19.3. The molecule has 2 aromatic heterocycles. The molecular formula is C27H33N5O. The van der Waals surface area contributed by atoms with Crippen molar-refractivity contribution >= 4 is 10.9 Å². The summed E-state index contributed by atoms with van der Waals surface area (Å²) in [6, 6.07) is 17.0. The fourth-order valence-corrected chi connectivity index (χ4v) is 5.30. The van der Waals surface area contributed by atoms with Gasteiger partial charge < -0.3 is 15.0 Å². The molecule has 0 amide bonds. The lowest BCUT2D eigenvalue weighted by molar-refractivity contribution is 0.0836. The highest BCUT2D eigenvalue weighted by Crippen LogP contribution is 2.32. The Morgan fingerprint density at radius 3 is 2.58 bits per heavy atom. The second-order valence-electron chi connectivity index (χ2n) is 9.49. The van der Waals surface area contributed by atoms with Crippen LogP contribution >= 0.6 is 0 Å².